The van der Waals surface area contributed by atoms with Crippen molar-refractivity contribution in [2.45, 2.75) is 19.8 Å². The van der Waals surface area contributed by atoms with Crippen LogP contribution in [0.3, 0.4) is 0 Å². The molecule has 1 amide bonds. The van der Waals surface area contributed by atoms with Crippen LogP contribution in [0.4, 0.5) is 11.4 Å². The van der Waals surface area contributed by atoms with E-state index < -0.39 is 0 Å². The molecule has 27 heavy (non-hydrogen) atoms. The number of amides is 1. The van der Waals surface area contributed by atoms with Crippen molar-refractivity contribution in [2.24, 2.45) is 0 Å². The summed E-state index contributed by atoms with van der Waals surface area (Å²) in [6.07, 6.45) is 0.362. The van der Waals surface area contributed by atoms with E-state index in [4.69, 9.17) is 11.6 Å². The van der Waals surface area contributed by atoms with Crippen molar-refractivity contribution in [3.8, 4) is 0 Å². The van der Waals surface area contributed by atoms with Crippen LogP contribution in [0.2, 0.25) is 5.02 Å². The van der Waals surface area contributed by atoms with Gasteiger partial charge in [-0.2, -0.15) is 0 Å². The summed E-state index contributed by atoms with van der Waals surface area (Å²) in [5.41, 5.74) is 1.68. The van der Waals surface area contributed by atoms with E-state index in [0.29, 0.717) is 15.6 Å². The number of halogens is 1. The first-order valence-electron chi connectivity index (χ1n) is 9.05. The Bertz CT molecular complexity index is 828. The number of benzene rings is 1. The van der Waals surface area contributed by atoms with Crippen LogP contribution < -0.4 is 10.2 Å². The maximum absolute atomic E-state index is 12.4. The Morgan fingerprint density at radius 3 is 2.52 bits per heavy atom. The van der Waals surface area contributed by atoms with Crippen molar-refractivity contribution in [2.75, 3.05) is 43.4 Å². The number of nitrogens with one attached hydrogen (secondary N) is 1. The Hall–Kier alpha value is -1.89. The number of likely N-dealkylation sites (N-methyl/N-ethyl adjacent to an activating group) is 1. The molecule has 2 aromatic rings. The lowest BCUT2D eigenvalue weighted by atomic mass is 10.1. The molecule has 0 radical (unpaired) electrons. The smallest absolute Gasteiger partial charge is 0.224 e. The van der Waals surface area contributed by atoms with E-state index >= 15 is 0 Å². The summed E-state index contributed by atoms with van der Waals surface area (Å²) >= 11 is 7.61. The molecule has 1 aliphatic heterocycles. The normalized spacial score (nSPS) is 15.0. The largest absolute Gasteiger partial charge is 0.367 e. The van der Waals surface area contributed by atoms with Crippen LogP contribution >= 0.6 is 22.9 Å². The third-order valence-electron chi connectivity index (χ3n) is 4.67. The lowest BCUT2D eigenvalue weighted by Crippen LogP contribution is -2.44. The Morgan fingerprint density at radius 1 is 1.11 bits per heavy atom. The maximum Gasteiger partial charge on any atom is 0.224 e. The number of anilines is 2. The molecule has 5 nitrogen and oxygen atoms in total. The predicted octanol–water partition coefficient (Wildman–Crippen LogP) is 4.06. The number of hydrogen-bond donors (Lipinski definition) is 1. The molecule has 0 aliphatic carbocycles. The van der Waals surface area contributed by atoms with Crippen molar-refractivity contribution >= 4 is 46.0 Å². The molecule has 3 rings (SSSR count). The SMILES string of the molecule is Cc1ccc(C(=O)CCC(=O)Nc2cc(Cl)ccc2N2CCN(C)CC2)s1. The average Bonchev–Trinajstić information content (AvgIpc) is 3.07. The minimum atomic E-state index is -0.172. The van der Waals surface area contributed by atoms with Gasteiger partial charge in [-0.05, 0) is 44.3 Å². The highest BCUT2D eigenvalue weighted by molar-refractivity contribution is 7.14. The standard InChI is InChI=1S/C20H24ClN3O2S/c1-14-3-7-19(27-14)18(25)6-8-20(26)22-16-13-15(21)4-5-17(16)24-11-9-23(2)10-12-24/h3-5,7,13H,6,8-12H2,1-2H3,(H,22,26). The second-order valence-corrected chi connectivity index (χ2v) is 8.56. The summed E-state index contributed by atoms with van der Waals surface area (Å²) in [6.45, 7) is 5.72. The summed E-state index contributed by atoms with van der Waals surface area (Å²) < 4.78 is 0. The Balaban J connectivity index is 1.63. The fourth-order valence-corrected chi connectivity index (χ4v) is 4.09. The predicted molar refractivity (Wildman–Crippen MR) is 112 cm³/mol. The zero-order valence-electron chi connectivity index (χ0n) is 15.6. The highest BCUT2D eigenvalue weighted by Crippen LogP contribution is 2.30. The first-order chi connectivity index (χ1) is 12.9. The molecule has 0 saturated carbocycles. The molecular formula is C20H24ClN3O2S. The van der Waals surface area contributed by atoms with Gasteiger partial charge in [0, 0.05) is 48.9 Å². The van der Waals surface area contributed by atoms with Crippen LogP contribution in [0.15, 0.2) is 30.3 Å². The van der Waals surface area contributed by atoms with Gasteiger partial charge in [0.05, 0.1) is 16.3 Å². The highest BCUT2D eigenvalue weighted by atomic mass is 35.5. The molecule has 1 aromatic heterocycles. The highest BCUT2D eigenvalue weighted by Gasteiger charge is 2.19. The minimum Gasteiger partial charge on any atom is -0.367 e. The molecule has 1 saturated heterocycles. The van der Waals surface area contributed by atoms with Crippen LogP contribution in [0, 0.1) is 6.92 Å². The van der Waals surface area contributed by atoms with Gasteiger partial charge in [-0.3, -0.25) is 9.59 Å². The molecule has 7 heteroatoms. The van der Waals surface area contributed by atoms with Gasteiger partial charge in [0.1, 0.15) is 0 Å². The van der Waals surface area contributed by atoms with E-state index in [1.165, 1.54) is 11.3 Å². The molecule has 0 bridgehead atoms. The summed E-state index contributed by atoms with van der Waals surface area (Å²) in [5.74, 6) is -0.164. The van der Waals surface area contributed by atoms with Crippen molar-refractivity contribution < 1.29 is 9.59 Å². The van der Waals surface area contributed by atoms with Crippen molar-refractivity contribution in [1.82, 2.24) is 4.90 Å². The first-order valence-corrected chi connectivity index (χ1v) is 10.2. The second-order valence-electron chi connectivity index (χ2n) is 6.83. The van der Waals surface area contributed by atoms with Gasteiger partial charge in [-0.1, -0.05) is 11.6 Å². The molecule has 0 atom stereocenters. The molecule has 2 heterocycles. The van der Waals surface area contributed by atoms with Crippen LogP contribution in [-0.2, 0) is 4.79 Å². The number of piperazine rings is 1. The molecule has 1 N–H and O–H groups in total. The molecule has 144 valence electrons. The zero-order chi connectivity index (χ0) is 19.4. The lowest BCUT2D eigenvalue weighted by molar-refractivity contribution is -0.116. The molecule has 1 aromatic carbocycles. The van der Waals surface area contributed by atoms with Gasteiger partial charge >= 0.3 is 0 Å². The maximum atomic E-state index is 12.4. The van der Waals surface area contributed by atoms with Gasteiger partial charge < -0.3 is 15.1 Å². The first kappa shape index (κ1) is 19.9. The van der Waals surface area contributed by atoms with Gasteiger partial charge in [0.25, 0.3) is 0 Å². The number of rotatable bonds is 6. The second kappa shape index (κ2) is 8.87. The van der Waals surface area contributed by atoms with Crippen LogP contribution in [0.5, 0.6) is 0 Å². The third-order valence-corrected chi connectivity index (χ3v) is 5.95. The van der Waals surface area contributed by atoms with Gasteiger partial charge in [-0.15, -0.1) is 11.3 Å². The van der Waals surface area contributed by atoms with Crippen LogP contribution in [0.1, 0.15) is 27.4 Å². The van der Waals surface area contributed by atoms with Gasteiger partial charge in [0.2, 0.25) is 5.91 Å². The quantitative estimate of drug-likeness (QED) is 0.736. The Kier molecular flexibility index (Phi) is 6.52. The van der Waals surface area contributed by atoms with E-state index in [1.807, 2.05) is 31.2 Å². The zero-order valence-corrected chi connectivity index (χ0v) is 17.2. The van der Waals surface area contributed by atoms with E-state index in [0.717, 1.165) is 36.7 Å². The summed E-state index contributed by atoms with van der Waals surface area (Å²) in [6, 6.07) is 9.31. The Morgan fingerprint density at radius 2 is 1.85 bits per heavy atom. The van der Waals surface area contributed by atoms with E-state index in [-0.39, 0.29) is 24.5 Å². The van der Waals surface area contributed by atoms with Gasteiger partial charge in [0.15, 0.2) is 5.78 Å². The number of aryl methyl sites for hydroxylation is 1. The number of ketones is 1. The summed E-state index contributed by atoms with van der Waals surface area (Å²) in [7, 11) is 2.11. The van der Waals surface area contributed by atoms with E-state index in [1.54, 1.807) is 6.07 Å². The van der Waals surface area contributed by atoms with Crippen molar-refractivity contribution in [3.05, 3.63) is 45.1 Å². The molecule has 1 aliphatic rings. The van der Waals surface area contributed by atoms with Crippen molar-refractivity contribution in [1.29, 1.82) is 0 Å². The number of hydrogen-bond acceptors (Lipinski definition) is 5. The lowest BCUT2D eigenvalue weighted by Gasteiger charge is -2.35. The van der Waals surface area contributed by atoms with Crippen LogP contribution in [0.25, 0.3) is 0 Å². The number of nitrogens with zero attached hydrogens (tertiary/aromatic N) is 2. The third kappa shape index (κ3) is 5.31. The number of carbonyl (C=O) groups is 2. The Labute approximate surface area is 168 Å². The topological polar surface area (TPSA) is 52.7 Å². The molecule has 0 unspecified atom stereocenters. The monoisotopic (exact) mass is 405 g/mol. The van der Waals surface area contributed by atoms with Gasteiger partial charge in [-0.25, -0.2) is 0 Å². The van der Waals surface area contributed by atoms with E-state index in [2.05, 4.69) is 22.2 Å². The summed E-state index contributed by atoms with van der Waals surface area (Å²) in [4.78, 5) is 31.0. The molecule has 0 spiro atoms. The number of Topliss-reactive ketones (excluding diaryl/α,β-unsaturated/α-hetero) is 1. The fourth-order valence-electron chi connectivity index (χ4n) is 3.08. The number of thiophene rings is 1. The minimum absolute atomic E-state index is 0.00800. The number of carbonyl (C=O) groups excluding carboxylic acids is 2. The molecule has 1 fully saturated rings. The van der Waals surface area contributed by atoms with Crippen molar-refractivity contribution in [3.63, 3.8) is 0 Å². The molecular weight excluding hydrogens is 382 g/mol. The summed E-state index contributed by atoms with van der Waals surface area (Å²) in [5, 5.41) is 3.52. The fraction of sp³-hybridized carbons (Fsp3) is 0.400. The van der Waals surface area contributed by atoms with Crippen LogP contribution in [-0.4, -0.2) is 49.8 Å². The van der Waals surface area contributed by atoms with E-state index in [9.17, 15) is 9.59 Å². The average molecular weight is 406 g/mol.